The van der Waals surface area contributed by atoms with Crippen LogP contribution in [-0.2, 0) is 7.05 Å². The number of anilines is 1. The highest BCUT2D eigenvalue weighted by atomic mass is 16.1. The zero-order valence-corrected chi connectivity index (χ0v) is 11.3. The molecule has 0 saturated heterocycles. The van der Waals surface area contributed by atoms with Crippen LogP contribution < -0.4 is 11.3 Å². The van der Waals surface area contributed by atoms with Gasteiger partial charge in [-0.25, -0.2) is 0 Å². The molecule has 20 heavy (non-hydrogen) atoms. The first-order chi connectivity index (χ1) is 9.59. The van der Waals surface area contributed by atoms with Gasteiger partial charge in [0, 0.05) is 12.4 Å². The van der Waals surface area contributed by atoms with E-state index in [1.807, 2.05) is 38.2 Å². The van der Waals surface area contributed by atoms with Gasteiger partial charge in [0.25, 0.3) is 5.56 Å². The molecule has 0 aliphatic carbocycles. The van der Waals surface area contributed by atoms with E-state index in [9.17, 15) is 4.79 Å². The van der Waals surface area contributed by atoms with Gasteiger partial charge in [0.2, 0.25) is 0 Å². The van der Waals surface area contributed by atoms with Gasteiger partial charge in [-0.15, -0.1) is 10.2 Å². The van der Waals surface area contributed by atoms with Crippen LogP contribution in [0.1, 0.15) is 18.8 Å². The summed E-state index contributed by atoms with van der Waals surface area (Å²) in [6.07, 6.45) is 1.61. The summed E-state index contributed by atoms with van der Waals surface area (Å²) in [5.74, 6) is 1.11. The lowest BCUT2D eigenvalue weighted by Crippen LogP contribution is -2.28. The first kappa shape index (κ1) is 12.4. The second-order valence-corrected chi connectivity index (χ2v) is 4.81. The quantitative estimate of drug-likeness (QED) is 0.761. The monoisotopic (exact) mass is 269 g/mol. The molecule has 1 unspecified atom stereocenters. The Morgan fingerprint density at radius 1 is 1.30 bits per heavy atom. The number of nitrogen functional groups attached to an aromatic ring is 1. The molecular weight excluding hydrogens is 254 g/mol. The van der Waals surface area contributed by atoms with Crippen molar-refractivity contribution < 1.29 is 0 Å². The Morgan fingerprint density at radius 3 is 2.75 bits per heavy atom. The second-order valence-electron chi connectivity index (χ2n) is 4.81. The van der Waals surface area contributed by atoms with Crippen LogP contribution in [0.5, 0.6) is 0 Å². The SMILES string of the molecule is CC(c1nncn1C)n1c(N)cc2ccccc2c1=O. The Bertz CT molecular complexity index is 833. The van der Waals surface area contributed by atoms with Crippen molar-refractivity contribution in [3.05, 3.63) is 52.8 Å². The Labute approximate surface area is 115 Å². The summed E-state index contributed by atoms with van der Waals surface area (Å²) < 4.78 is 3.33. The van der Waals surface area contributed by atoms with Crippen molar-refractivity contribution in [2.24, 2.45) is 7.05 Å². The lowest BCUT2D eigenvalue weighted by molar-refractivity contribution is 0.567. The van der Waals surface area contributed by atoms with E-state index in [-0.39, 0.29) is 11.6 Å². The van der Waals surface area contributed by atoms with Crippen LogP contribution in [0, 0.1) is 0 Å². The Morgan fingerprint density at radius 2 is 2.05 bits per heavy atom. The first-order valence-corrected chi connectivity index (χ1v) is 6.33. The summed E-state index contributed by atoms with van der Waals surface area (Å²) >= 11 is 0. The van der Waals surface area contributed by atoms with Crippen molar-refractivity contribution in [2.75, 3.05) is 5.73 Å². The minimum atomic E-state index is -0.278. The summed E-state index contributed by atoms with van der Waals surface area (Å²) in [6.45, 7) is 1.89. The molecule has 0 spiro atoms. The van der Waals surface area contributed by atoms with Crippen molar-refractivity contribution in [3.63, 3.8) is 0 Å². The number of hydrogen-bond acceptors (Lipinski definition) is 4. The van der Waals surface area contributed by atoms with Crippen molar-refractivity contribution in [1.82, 2.24) is 19.3 Å². The summed E-state index contributed by atoms with van der Waals surface area (Å²) in [5.41, 5.74) is 5.94. The molecule has 3 rings (SSSR count). The Balaban J connectivity index is 2.26. The highest BCUT2D eigenvalue weighted by Crippen LogP contribution is 2.20. The van der Waals surface area contributed by atoms with Crippen LogP contribution in [-0.4, -0.2) is 19.3 Å². The number of nitrogens with two attached hydrogens (primary N) is 1. The fourth-order valence-electron chi connectivity index (χ4n) is 2.48. The minimum Gasteiger partial charge on any atom is -0.385 e. The molecule has 2 aromatic heterocycles. The minimum absolute atomic E-state index is 0.115. The van der Waals surface area contributed by atoms with Gasteiger partial charge in [-0.2, -0.15) is 0 Å². The number of fused-ring (bicyclic) bond motifs is 1. The van der Waals surface area contributed by atoms with Gasteiger partial charge in [0.1, 0.15) is 12.1 Å². The molecule has 0 bridgehead atoms. The third-order valence-electron chi connectivity index (χ3n) is 3.50. The summed E-state index contributed by atoms with van der Waals surface area (Å²) in [5, 5.41) is 9.39. The van der Waals surface area contributed by atoms with Crippen molar-refractivity contribution >= 4 is 16.6 Å². The molecule has 0 amide bonds. The number of rotatable bonds is 2. The molecular formula is C14H15N5O. The lowest BCUT2D eigenvalue weighted by atomic mass is 10.1. The third-order valence-corrected chi connectivity index (χ3v) is 3.50. The van der Waals surface area contributed by atoms with Gasteiger partial charge >= 0.3 is 0 Å². The molecule has 3 aromatic rings. The van der Waals surface area contributed by atoms with Crippen LogP contribution >= 0.6 is 0 Å². The van der Waals surface area contributed by atoms with E-state index in [2.05, 4.69) is 10.2 Å². The van der Waals surface area contributed by atoms with E-state index in [1.165, 1.54) is 0 Å². The van der Waals surface area contributed by atoms with Gasteiger partial charge in [-0.3, -0.25) is 9.36 Å². The third kappa shape index (κ3) is 1.77. The molecule has 0 fully saturated rings. The largest absolute Gasteiger partial charge is 0.385 e. The van der Waals surface area contributed by atoms with Crippen LogP contribution in [0.25, 0.3) is 10.8 Å². The predicted molar refractivity (Wildman–Crippen MR) is 77.4 cm³/mol. The molecule has 2 heterocycles. The second kappa shape index (κ2) is 4.48. The van der Waals surface area contributed by atoms with Crippen LogP contribution in [0.3, 0.4) is 0 Å². The molecule has 102 valence electrons. The standard InChI is InChI=1S/C14H15N5O/c1-9(13-17-16-8-18(13)2)19-12(15)7-10-5-3-4-6-11(10)14(19)20/h3-9H,15H2,1-2H3. The van der Waals surface area contributed by atoms with E-state index in [0.717, 1.165) is 5.39 Å². The van der Waals surface area contributed by atoms with E-state index in [4.69, 9.17) is 5.73 Å². The molecule has 6 nitrogen and oxygen atoms in total. The highest BCUT2D eigenvalue weighted by molar-refractivity contribution is 5.83. The van der Waals surface area contributed by atoms with Gasteiger partial charge in [0.15, 0.2) is 5.82 Å². The van der Waals surface area contributed by atoms with Crippen molar-refractivity contribution in [2.45, 2.75) is 13.0 Å². The fourth-order valence-corrected chi connectivity index (χ4v) is 2.48. The van der Waals surface area contributed by atoms with E-state index in [1.54, 1.807) is 21.5 Å². The number of benzene rings is 1. The van der Waals surface area contributed by atoms with Crippen LogP contribution in [0.4, 0.5) is 5.82 Å². The molecule has 0 aliphatic rings. The maximum Gasteiger partial charge on any atom is 0.260 e. The summed E-state index contributed by atoms with van der Waals surface area (Å²) in [4.78, 5) is 12.6. The number of nitrogens with zero attached hydrogens (tertiary/aromatic N) is 4. The fraction of sp³-hybridized carbons (Fsp3) is 0.214. The summed E-state index contributed by atoms with van der Waals surface area (Å²) in [7, 11) is 1.84. The van der Waals surface area contributed by atoms with E-state index >= 15 is 0 Å². The maximum absolute atomic E-state index is 12.6. The van der Waals surface area contributed by atoms with Crippen LogP contribution in [0.2, 0.25) is 0 Å². The van der Waals surface area contributed by atoms with Gasteiger partial charge in [-0.1, -0.05) is 18.2 Å². The number of pyridine rings is 1. The average molecular weight is 269 g/mol. The highest BCUT2D eigenvalue weighted by Gasteiger charge is 2.18. The molecule has 0 aliphatic heterocycles. The summed E-state index contributed by atoms with van der Waals surface area (Å²) in [6, 6.07) is 8.94. The number of hydrogen-bond donors (Lipinski definition) is 1. The number of aromatic nitrogens is 4. The average Bonchev–Trinajstić information content (AvgIpc) is 2.85. The Kier molecular flexibility index (Phi) is 2.78. The normalized spacial score (nSPS) is 12.7. The molecule has 1 aromatic carbocycles. The van der Waals surface area contributed by atoms with Gasteiger partial charge in [-0.05, 0) is 24.4 Å². The smallest absolute Gasteiger partial charge is 0.260 e. The van der Waals surface area contributed by atoms with Gasteiger partial charge < -0.3 is 10.3 Å². The topological polar surface area (TPSA) is 78.7 Å². The number of aryl methyl sites for hydroxylation is 1. The van der Waals surface area contributed by atoms with Crippen molar-refractivity contribution in [1.29, 1.82) is 0 Å². The van der Waals surface area contributed by atoms with Crippen molar-refractivity contribution in [3.8, 4) is 0 Å². The van der Waals surface area contributed by atoms with Crippen LogP contribution in [0.15, 0.2) is 41.5 Å². The first-order valence-electron chi connectivity index (χ1n) is 6.33. The van der Waals surface area contributed by atoms with Gasteiger partial charge in [0.05, 0.1) is 6.04 Å². The lowest BCUT2D eigenvalue weighted by Gasteiger charge is -2.17. The molecule has 2 N–H and O–H groups in total. The zero-order valence-electron chi connectivity index (χ0n) is 11.3. The Hall–Kier alpha value is -2.63. The van der Waals surface area contributed by atoms with E-state index < -0.39 is 0 Å². The molecule has 6 heteroatoms. The molecule has 0 radical (unpaired) electrons. The molecule has 0 saturated carbocycles. The predicted octanol–water partition coefficient (Wildman–Crippen LogP) is 1.32. The zero-order chi connectivity index (χ0) is 14.3. The molecule has 1 atom stereocenters. The van der Waals surface area contributed by atoms with E-state index in [0.29, 0.717) is 17.0 Å². The maximum atomic E-state index is 12.6.